The SMILES string of the molecule is Cc1cc(Oc2[c-]c(C3=N[C@H]([C@H]4C=CCCC4)[C@@H](c4ccccc4)O3)cc(C(C)(C)C)c2)[c-]c(-n2c3ccc(C(C)(C)C)cc3c3cccnc32)c1.[Pt+2]. The van der Waals surface area contributed by atoms with E-state index in [-0.39, 0.29) is 44.0 Å². The Balaban J connectivity index is 0.00000435. The van der Waals surface area contributed by atoms with Crippen LogP contribution in [0.15, 0.2) is 108 Å². The molecule has 8 rings (SSSR count). The molecule has 1 aliphatic carbocycles. The van der Waals surface area contributed by atoms with Gasteiger partial charge < -0.3 is 14.0 Å². The van der Waals surface area contributed by atoms with E-state index in [0.717, 1.165) is 57.3 Å². The molecular weight excluding hydrogens is 834 g/mol. The molecule has 0 fully saturated rings. The third-order valence-corrected chi connectivity index (χ3v) is 10.4. The van der Waals surface area contributed by atoms with Crippen LogP contribution in [0.3, 0.4) is 0 Å². The molecule has 2 aliphatic rings. The Morgan fingerprint density at radius 3 is 2.32 bits per heavy atom. The maximum absolute atomic E-state index is 6.78. The molecule has 3 heterocycles. The molecule has 0 N–H and O–H groups in total. The van der Waals surface area contributed by atoms with Crippen LogP contribution in [0.25, 0.3) is 27.6 Å². The molecule has 6 aromatic rings. The smallest absolute Gasteiger partial charge is 0.510 e. The van der Waals surface area contributed by atoms with Gasteiger partial charge in [0.25, 0.3) is 0 Å². The molecule has 2 aromatic heterocycles. The topological polar surface area (TPSA) is 48.6 Å². The van der Waals surface area contributed by atoms with Gasteiger partial charge in [0.05, 0.1) is 11.6 Å². The van der Waals surface area contributed by atoms with Gasteiger partial charge in [-0.1, -0.05) is 120 Å². The number of hydrogen-bond acceptors (Lipinski definition) is 4. The summed E-state index contributed by atoms with van der Waals surface area (Å²) in [5.41, 5.74) is 8.16. The minimum atomic E-state index is -0.160. The minimum absolute atomic E-state index is 0. The molecule has 0 bridgehead atoms. The number of aromatic nitrogens is 2. The summed E-state index contributed by atoms with van der Waals surface area (Å²) >= 11 is 0. The first kappa shape index (κ1) is 36.9. The first-order chi connectivity index (χ1) is 24.9. The van der Waals surface area contributed by atoms with Crippen molar-refractivity contribution in [1.29, 1.82) is 0 Å². The third-order valence-electron chi connectivity index (χ3n) is 10.4. The molecule has 53 heavy (non-hydrogen) atoms. The van der Waals surface area contributed by atoms with Crippen LogP contribution in [0.4, 0.5) is 0 Å². The van der Waals surface area contributed by atoms with E-state index in [4.69, 9.17) is 19.5 Å². The van der Waals surface area contributed by atoms with Crippen molar-refractivity contribution in [3.63, 3.8) is 0 Å². The molecule has 6 heteroatoms. The van der Waals surface area contributed by atoms with Crippen molar-refractivity contribution in [2.45, 2.75) is 90.7 Å². The Labute approximate surface area is 328 Å². The van der Waals surface area contributed by atoms with Gasteiger partial charge >= 0.3 is 21.1 Å². The average Bonchev–Trinajstić information content (AvgIpc) is 3.72. The number of allylic oxidation sites excluding steroid dienone is 1. The Kier molecular flexibility index (Phi) is 10.0. The molecule has 0 saturated heterocycles. The van der Waals surface area contributed by atoms with Crippen molar-refractivity contribution in [1.82, 2.24) is 9.55 Å². The van der Waals surface area contributed by atoms with Crippen molar-refractivity contribution < 1.29 is 30.5 Å². The number of ether oxygens (including phenoxy) is 2. The molecule has 0 unspecified atom stereocenters. The fourth-order valence-electron chi connectivity index (χ4n) is 7.57. The summed E-state index contributed by atoms with van der Waals surface area (Å²) in [6, 6.07) is 37.0. The standard InChI is InChI=1S/C47H47N3O2.Pt/c1-30-23-36(50-41-21-20-34(46(2,3)4)28-40(41)39-19-14-22-48-44(39)50)29-37(24-30)51-38-26-33(25-35(27-38)47(5,6)7)45-49-42(31-15-10-8-11-16-31)43(52-45)32-17-12-9-13-18-32;/h9-10,12-15,17-25,27-28,31,42-43H,8,11,16H2,1-7H3;/q-2;+2/t31-,42+,43+;/m0./s1. The summed E-state index contributed by atoms with van der Waals surface area (Å²) in [5.74, 6) is 2.17. The number of nitrogens with zero attached hydrogens (tertiary/aromatic N) is 3. The van der Waals surface area contributed by atoms with Crippen molar-refractivity contribution in [3.8, 4) is 17.2 Å². The van der Waals surface area contributed by atoms with Gasteiger partial charge in [-0.05, 0) is 65.5 Å². The monoisotopic (exact) mass is 880 g/mol. The fraction of sp³-hybridized carbons (Fsp3) is 0.319. The van der Waals surface area contributed by atoms with Crippen molar-refractivity contribution in [2.24, 2.45) is 10.9 Å². The Morgan fingerprint density at radius 1 is 0.811 bits per heavy atom. The second kappa shape index (κ2) is 14.4. The maximum Gasteiger partial charge on any atom is 2.00 e. The van der Waals surface area contributed by atoms with E-state index < -0.39 is 0 Å². The Hall–Kier alpha value is -4.47. The van der Waals surface area contributed by atoms with Gasteiger partial charge in [0.15, 0.2) is 0 Å². The second-order valence-electron chi connectivity index (χ2n) is 16.5. The number of pyridine rings is 1. The second-order valence-corrected chi connectivity index (χ2v) is 16.5. The third kappa shape index (κ3) is 7.38. The van der Waals surface area contributed by atoms with Crippen LogP contribution >= 0.6 is 0 Å². The van der Waals surface area contributed by atoms with Gasteiger partial charge in [0.2, 0.25) is 0 Å². The van der Waals surface area contributed by atoms with Crippen molar-refractivity contribution >= 4 is 27.8 Å². The summed E-state index contributed by atoms with van der Waals surface area (Å²) in [5, 5.41) is 2.29. The van der Waals surface area contributed by atoms with E-state index in [0.29, 0.717) is 23.3 Å². The van der Waals surface area contributed by atoms with E-state index >= 15 is 0 Å². The van der Waals surface area contributed by atoms with Gasteiger partial charge in [-0.2, -0.15) is 5.56 Å². The normalized spacial score (nSPS) is 18.8. The molecular formula is C47H47N3O2Pt. The maximum atomic E-state index is 6.78. The predicted octanol–water partition coefficient (Wildman–Crippen LogP) is 11.7. The zero-order valence-electron chi connectivity index (χ0n) is 31.6. The number of benzene rings is 4. The summed E-state index contributed by atoms with van der Waals surface area (Å²) < 4.78 is 15.7. The first-order valence-corrected chi connectivity index (χ1v) is 18.6. The number of aliphatic imine (C=N–C) groups is 1. The van der Waals surface area contributed by atoms with Crippen LogP contribution in [-0.4, -0.2) is 21.5 Å². The zero-order chi connectivity index (χ0) is 36.2. The number of rotatable bonds is 6. The summed E-state index contributed by atoms with van der Waals surface area (Å²) in [4.78, 5) is 10.1. The van der Waals surface area contributed by atoms with E-state index in [9.17, 15) is 0 Å². The van der Waals surface area contributed by atoms with E-state index in [1.165, 1.54) is 17.4 Å². The molecule has 0 amide bonds. The summed E-state index contributed by atoms with van der Waals surface area (Å²) in [7, 11) is 0. The summed E-state index contributed by atoms with van der Waals surface area (Å²) in [6.45, 7) is 15.5. The molecule has 1 aliphatic heterocycles. The number of fused-ring (bicyclic) bond motifs is 3. The van der Waals surface area contributed by atoms with E-state index in [1.54, 1.807) is 0 Å². The van der Waals surface area contributed by atoms with Crippen LogP contribution in [0.1, 0.15) is 94.7 Å². The van der Waals surface area contributed by atoms with Gasteiger partial charge in [-0.15, -0.1) is 29.8 Å². The van der Waals surface area contributed by atoms with Crippen molar-refractivity contribution in [2.75, 3.05) is 0 Å². The molecule has 5 nitrogen and oxygen atoms in total. The van der Waals surface area contributed by atoms with Crippen LogP contribution < -0.4 is 4.74 Å². The molecule has 0 saturated carbocycles. The van der Waals surface area contributed by atoms with E-state index in [2.05, 4.69) is 144 Å². The minimum Gasteiger partial charge on any atom is -0.510 e. The molecule has 272 valence electrons. The van der Waals surface area contributed by atoms with Gasteiger partial charge in [-0.3, -0.25) is 4.99 Å². The predicted molar refractivity (Wildman–Crippen MR) is 212 cm³/mol. The van der Waals surface area contributed by atoms with Gasteiger partial charge in [0, 0.05) is 34.4 Å². The Bertz CT molecular complexity index is 2340. The summed E-state index contributed by atoms with van der Waals surface area (Å²) in [6.07, 6.45) is 9.74. The van der Waals surface area contributed by atoms with Crippen LogP contribution in [0.2, 0.25) is 0 Å². The quantitative estimate of drug-likeness (QED) is 0.124. The van der Waals surface area contributed by atoms with Gasteiger partial charge in [-0.25, -0.2) is 4.98 Å². The van der Waals surface area contributed by atoms with E-state index in [1.807, 2.05) is 24.4 Å². The number of hydrogen-bond donors (Lipinski definition) is 0. The van der Waals surface area contributed by atoms with Gasteiger partial charge in [0.1, 0.15) is 17.6 Å². The van der Waals surface area contributed by atoms with Crippen molar-refractivity contribution in [3.05, 3.63) is 143 Å². The molecule has 0 radical (unpaired) electrons. The number of aryl methyl sites for hydroxylation is 1. The zero-order valence-corrected chi connectivity index (χ0v) is 33.9. The van der Waals surface area contributed by atoms with Crippen LogP contribution in [0, 0.1) is 25.0 Å². The largest absolute Gasteiger partial charge is 2.00 e. The van der Waals surface area contributed by atoms with Crippen LogP contribution in [-0.2, 0) is 36.6 Å². The molecule has 0 spiro atoms. The first-order valence-electron chi connectivity index (χ1n) is 18.6. The Morgan fingerprint density at radius 2 is 1.58 bits per heavy atom. The van der Waals surface area contributed by atoms with Crippen LogP contribution in [0.5, 0.6) is 11.5 Å². The fourth-order valence-corrected chi connectivity index (χ4v) is 7.57. The average molecular weight is 881 g/mol. The molecule has 4 aromatic carbocycles. The molecule has 3 atom stereocenters.